The van der Waals surface area contributed by atoms with Crippen LogP contribution in [-0.2, 0) is 0 Å². The molecule has 0 N–H and O–H groups in total. The summed E-state index contributed by atoms with van der Waals surface area (Å²) in [7, 11) is 0. The predicted molar refractivity (Wildman–Crippen MR) is 234 cm³/mol. The third-order valence-electron chi connectivity index (χ3n) is 11.1. The first-order valence-electron chi connectivity index (χ1n) is 18.8. The fraction of sp³-hybridized carbons (Fsp3) is 0.0769. The zero-order valence-corrected chi connectivity index (χ0v) is 31.4. The molecule has 0 saturated carbocycles. The lowest BCUT2D eigenvalue weighted by molar-refractivity contribution is 0.549. The summed E-state index contributed by atoms with van der Waals surface area (Å²) >= 11 is 1.89. The van der Waals surface area contributed by atoms with Crippen molar-refractivity contribution in [1.29, 1.82) is 0 Å². The number of hydrogen-bond donors (Lipinski definition) is 0. The minimum absolute atomic E-state index is 0.132. The van der Waals surface area contributed by atoms with Crippen molar-refractivity contribution >= 4 is 76.7 Å². The highest BCUT2D eigenvalue weighted by molar-refractivity contribution is 7.17. The minimum Gasteiger partial charge on any atom is -0.461 e. The normalized spacial score (nSPS) is 13.2. The zero-order valence-electron chi connectivity index (χ0n) is 30.6. The first-order valence-corrected chi connectivity index (χ1v) is 19.6. The number of thiophene rings is 1. The molecule has 0 aliphatic rings. The van der Waals surface area contributed by atoms with Crippen molar-refractivity contribution < 1.29 is 4.42 Å². The average Bonchev–Trinajstić information content (AvgIpc) is 3.81. The molecule has 8 aromatic carbocycles. The fourth-order valence-corrected chi connectivity index (χ4v) is 10.0. The van der Waals surface area contributed by atoms with E-state index in [0.29, 0.717) is 0 Å². The van der Waals surface area contributed by atoms with Gasteiger partial charge in [0.15, 0.2) is 0 Å². The van der Waals surface area contributed by atoms with Crippen LogP contribution in [0.3, 0.4) is 0 Å². The molecule has 0 aliphatic carbocycles. The number of rotatable bonds is 5. The van der Waals surface area contributed by atoms with E-state index in [2.05, 4.69) is 184 Å². The maximum Gasteiger partial charge on any atom is 0.135 e. The number of fused-ring (bicyclic) bond motifs is 5. The average molecular weight is 711 g/mol. The molecule has 2 aromatic heterocycles. The van der Waals surface area contributed by atoms with Gasteiger partial charge in [0, 0.05) is 26.1 Å². The van der Waals surface area contributed by atoms with E-state index in [4.69, 9.17) is 4.42 Å². The van der Waals surface area contributed by atoms with Crippen LogP contribution in [0, 0.1) is 6.92 Å². The Hall–Kier alpha value is -6.22. The molecular formula is C52H38OS. The van der Waals surface area contributed by atoms with E-state index in [-0.39, 0.29) is 5.92 Å². The summed E-state index contributed by atoms with van der Waals surface area (Å²) in [6, 6.07) is 57.6. The predicted octanol–water partition coefficient (Wildman–Crippen LogP) is 13.8. The molecular weight excluding hydrogens is 673 g/mol. The maximum atomic E-state index is 6.31. The van der Waals surface area contributed by atoms with Gasteiger partial charge in [-0.25, -0.2) is 0 Å². The van der Waals surface area contributed by atoms with Crippen molar-refractivity contribution in [1.82, 2.24) is 0 Å². The van der Waals surface area contributed by atoms with E-state index in [9.17, 15) is 0 Å². The molecule has 2 heteroatoms. The second kappa shape index (κ2) is 13.0. The molecule has 0 amide bonds. The first-order chi connectivity index (χ1) is 26.6. The first kappa shape index (κ1) is 32.4. The summed E-state index contributed by atoms with van der Waals surface area (Å²) in [5.41, 5.74) is 7.60. The van der Waals surface area contributed by atoms with Gasteiger partial charge in [0.2, 0.25) is 0 Å². The Kier molecular flexibility index (Phi) is 7.82. The molecule has 0 bridgehead atoms. The summed E-state index contributed by atoms with van der Waals surface area (Å²) < 4.78 is 8.91. The topological polar surface area (TPSA) is 13.1 Å². The third kappa shape index (κ3) is 5.05. The number of furan rings is 1. The summed E-state index contributed by atoms with van der Waals surface area (Å²) in [4.78, 5) is 0. The Morgan fingerprint density at radius 3 is 1.57 bits per heavy atom. The molecule has 0 aliphatic heterocycles. The van der Waals surface area contributed by atoms with Crippen LogP contribution in [0.25, 0.3) is 98.9 Å². The van der Waals surface area contributed by atoms with E-state index in [1.165, 1.54) is 90.7 Å². The van der Waals surface area contributed by atoms with Gasteiger partial charge in [-0.05, 0) is 108 Å². The van der Waals surface area contributed by atoms with Crippen LogP contribution in [0.2, 0.25) is 0 Å². The highest BCUT2D eigenvalue weighted by Gasteiger charge is 2.22. The van der Waals surface area contributed by atoms with Gasteiger partial charge in [0.05, 0.1) is 0 Å². The van der Waals surface area contributed by atoms with Gasteiger partial charge in [-0.1, -0.05) is 159 Å². The molecule has 2 heterocycles. The van der Waals surface area contributed by atoms with Crippen LogP contribution < -0.4 is 9.75 Å². The quantitative estimate of drug-likeness (QED) is 0.162. The molecule has 1 nitrogen and oxygen atoms in total. The fourth-order valence-electron chi connectivity index (χ4n) is 8.93. The molecule has 10 rings (SSSR count). The molecule has 10 aromatic rings. The highest BCUT2D eigenvalue weighted by atomic mass is 32.1. The van der Waals surface area contributed by atoms with Crippen molar-refractivity contribution in [3.05, 3.63) is 179 Å². The van der Waals surface area contributed by atoms with Crippen molar-refractivity contribution in [2.45, 2.75) is 26.7 Å². The lowest BCUT2D eigenvalue weighted by atomic mass is 9.83. The number of benzene rings is 8. The van der Waals surface area contributed by atoms with Crippen LogP contribution in [0.5, 0.6) is 0 Å². The molecule has 0 radical (unpaired) electrons. The zero-order chi connectivity index (χ0) is 36.3. The molecule has 258 valence electrons. The Labute approximate surface area is 318 Å². The van der Waals surface area contributed by atoms with Crippen molar-refractivity contribution in [3.63, 3.8) is 0 Å². The largest absolute Gasteiger partial charge is 0.461 e. The minimum atomic E-state index is 0.132. The van der Waals surface area contributed by atoms with Gasteiger partial charge in [-0.15, -0.1) is 11.3 Å². The lowest BCUT2D eigenvalue weighted by Gasteiger charge is -2.20. The van der Waals surface area contributed by atoms with Crippen molar-refractivity contribution in [3.8, 4) is 33.6 Å². The summed E-state index contributed by atoms with van der Waals surface area (Å²) in [6.07, 6.45) is 4.83. The Balaban J connectivity index is 1.28. The summed E-state index contributed by atoms with van der Waals surface area (Å²) in [6.45, 7) is 6.58. The van der Waals surface area contributed by atoms with E-state index < -0.39 is 0 Å². The van der Waals surface area contributed by atoms with Gasteiger partial charge in [-0.2, -0.15) is 0 Å². The smallest absolute Gasteiger partial charge is 0.135 e. The van der Waals surface area contributed by atoms with Gasteiger partial charge < -0.3 is 4.42 Å². The Morgan fingerprint density at radius 1 is 0.519 bits per heavy atom. The van der Waals surface area contributed by atoms with E-state index in [0.717, 1.165) is 17.1 Å². The van der Waals surface area contributed by atoms with Gasteiger partial charge in [0.1, 0.15) is 11.5 Å². The second-order valence-electron chi connectivity index (χ2n) is 14.3. The van der Waals surface area contributed by atoms with Crippen LogP contribution in [0.1, 0.15) is 31.1 Å². The monoisotopic (exact) mass is 710 g/mol. The molecule has 0 fully saturated rings. The Bertz CT molecular complexity index is 3080. The van der Waals surface area contributed by atoms with Gasteiger partial charge >= 0.3 is 0 Å². The van der Waals surface area contributed by atoms with Crippen LogP contribution in [0.15, 0.2) is 162 Å². The van der Waals surface area contributed by atoms with Crippen LogP contribution in [-0.4, -0.2) is 0 Å². The number of aryl methyl sites for hydroxylation is 1. The molecule has 54 heavy (non-hydrogen) atoms. The molecule has 1 unspecified atom stereocenters. The summed E-state index contributed by atoms with van der Waals surface area (Å²) in [5.74, 6) is 1.95. The second-order valence-corrected chi connectivity index (χ2v) is 15.4. The van der Waals surface area contributed by atoms with Gasteiger partial charge in [-0.3, -0.25) is 0 Å². The van der Waals surface area contributed by atoms with Crippen molar-refractivity contribution in [2.75, 3.05) is 0 Å². The maximum absolute atomic E-state index is 6.31. The van der Waals surface area contributed by atoms with E-state index >= 15 is 0 Å². The van der Waals surface area contributed by atoms with Crippen LogP contribution >= 0.6 is 11.3 Å². The lowest BCUT2D eigenvalue weighted by Crippen LogP contribution is -2.20. The molecule has 0 spiro atoms. The number of hydrogen-bond acceptors (Lipinski definition) is 2. The van der Waals surface area contributed by atoms with Gasteiger partial charge in [0.25, 0.3) is 0 Å². The summed E-state index contributed by atoms with van der Waals surface area (Å²) in [5, 5.41) is 12.7. The van der Waals surface area contributed by atoms with Crippen molar-refractivity contribution in [2.24, 2.45) is 0 Å². The molecule has 1 atom stereocenters. The molecule has 0 saturated heterocycles. The van der Waals surface area contributed by atoms with E-state index in [1.54, 1.807) is 0 Å². The Morgan fingerprint density at radius 2 is 1.04 bits per heavy atom. The standard InChI is InChI=1S/C52H38OS/c1-4-46-44(31-32(2)48-35-19-8-10-21-37(35)49(34-17-6-5-7-18-34)38-22-11-9-20-36(38)48)52-43(27-16-28-47(52)54-46)50-39-23-12-14-25-41(39)51(45-30-29-33(3)53-45)42-26-15-13-24-40(42)50/h4-32H,1-3H3/b44-31+,46-4+. The SMILES string of the molecule is C/C=c1/sc2cccc(-c3c4ccccc4c(-c4ccc(C)o4)c4ccccc34)c2/c1=C/C(C)c1c2ccccc2c(-c2ccccc2)c2ccccc12. The third-order valence-corrected chi connectivity index (χ3v) is 12.4. The van der Waals surface area contributed by atoms with Crippen LogP contribution in [0.4, 0.5) is 0 Å². The highest BCUT2D eigenvalue weighted by Crippen LogP contribution is 2.46. The van der Waals surface area contributed by atoms with E-state index in [1.807, 2.05) is 18.3 Å².